The van der Waals surface area contributed by atoms with Crippen molar-refractivity contribution in [2.24, 2.45) is 9.50 Å². The number of nitrogens with two attached hydrogens (primary N) is 1. The number of hydrogen-bond acceptors (Lipinski definition) is 3. The van der Waals surface area contributed by atoms with Gasteiger partial charge in [0.2, 0.25) is 0 Å². The van der Waals surface area contributed by atoms with Gasteiger partial charge in [0.05, 0.1) is 11.3 Å². The molecule has 0 aliphatic carbocycles. The van der Waals surface area contributed by atoms with Crippen LogP contribution in [0.25, 0.3) is 0 Å². The number of hydrogen-bond donors (Lipinski definition) is 1. The van der Waals surface area contributed by atoms with Gasteiger partial charge in [-0.05, 0) is 72.5 Å². The summed E-state index contributed by atoms with van der Waals surface area (Å²) in [6.45, 7) is 8.28. The molecule has 0 aromatic heterocycles. The molecule has 0 saturated heterocycles. The number of benzene rings is 2. The van der Waals surface area contributed by atoms with Crippen molar-refractivity contribution < 1.29 is 17.8 Å². The highest BCUT2D eigenvalue weighted by Gasteiger charge is 2.21. The van der Waals surface area contributed by atoms with Crippen LogP contribution in [0.5, 0.6) is 0 Å². The molecule has 0 heterocycles. The van der Waals surface area contributed by atoms with E-state index in [9.17, 15) is 17.8 Å². The first-order valence-corrected chi connectivity index (χ1v) is 12.2. The van der Waals surface area contributed by atoms with Gasteiger partial charge in [-0.25, -0.2) is 18.1 Å². The zero-order valence-electron chi connectivity index (χ0n) is 19.6. The van der Waals surface area contributed by atoms with Gasteiger partial charge in [-0.3, -0.25) is 4.79 Å². The molecule has 2 aromatic rings. The Balaban J connectivity index is 2.43. The van der Waals surface area contributed by atoms with Gasteiger partial charge in [-0.2, -0.15) is 0 Å². The molecule has 0 radical (unpaired) electrons. The molecule has 0 fully saturated rings. The van der Waals surface area contributed by atoms with E-state index in [1.807, 2.05) is 46.7 Å². The Labute approximate surface area is 190 Å². The standard InChI is InChI=1S/C24H33F2N3O2S/c1-15(2)20-11-18(24(25)26)12-21(16(3)4)22(20)13-23(30)28-32(27,31)19-9-7-17(8-10-19)14-29(5)6/h7-12,15-16,24H,13-14H2,1-6H3,(H2,27,28,30,31). The van der Waals surface area contributed by atoms with Crippen LogP contribution in [0.4, 0.5) is 8.78 Å². The topological polar surface area (TPSA) is 75.8 Å². The highest BCUT2D eigenvalue weighted by Crippen LogP contribution is 2.33. The van der Waals surface area contributed by atoms with Crippen LogP contribution >= 0.6 is 0 Å². The second-order valence-electron chi connectivity index (χ2n) is 8.90. The van der Waals surface area contributed by atoms with E-state index in [-0.39, 0.29) is 28.7 Å². The molecular formula is C24H33F2N3O2S. The summed E-state index contributed by atoms with van der Waals surface area (Å²) in [6, 6.07) is 9.75. The largest absolute Gasteiger partial charge is 0.305 e. The number of nitrogens with zero attached hydrogens (tertiary/aromatic N) is 2. The lowest BCUT2D eigenvalue weighted by Gasteiger charge is -2.21. The van der Waals surface area contributed by atoms with Gasteiger partial charge >= 0.3 is 0 Å². The Morgan fingerprint density at radius 3 is 1.94 bits per heavy atom. The second-order valence-corrected chi connectivity index (χ2v) is 10.7. The van der Waals surface area contributed by atoms with E-state index in [0.717, 1.165) is 5.56 Å². The lowest BCUT2D eigenvalue weighted by molar-refractivity contribution is -0.117. The molecule has 32 heavy (non-hydrogen) atoms. The molecule has 0 bridgehead atoms. The third-order valence-corrected chi connectivity index (χ3v) is 6.59. The lowest BCUT2D eigenvalue weighted by Crippen LogP contribution is -2.17. The van der Waals surface area contributed by atoms with Crippen LogP contribution in [0.3, 0.4) is 0 Å². The van der Waals surface area contributed by atoms with Crippen molar-refractivity contribution in [2.45, 2.75) is 63.8 Å². The summed E-state index contributed by atoms with van der Waals surface area (Å²) in [4.78, 5) is 15.1. The number of halogens is 2. The molecule has 0 spiro atoms. The SMILES string of the molecule is CC(C)c1cc(C(F)F)cc(C(C)C)c1CC(=O)N=S(N)(=O)c1ccc(CN(C)C)cc1. The molecule has 2 aromatic carbocycles. The molecule has 1 amide bonds. The first-order chi connectivity index (χ1) is 14.8. The molecule has 2 N–H and O–H groups in total. The van der Waals surface area contributed by atoms with E-state index < -0.39 is 22.2 Å². The molecule has 0 aliphatic rings. The average molecular weight is 466 g/mol. The van der Waals surface area contributed by atoms with E-state index in [1.165, 1.54) is 12.1 Å². The van der Waals surface area contributed by atoms with E-state index >= 15 is 0 Å². The maximum Gasteiger partial charge on any atom is 0.263 e. The van der Waals surface area contributed by atoms with Crippen LogP contribution in [0.1, 0.15) is 73.8 Å². The monoisotopic (exact) mass is 465 g/mol. The molecule has 5 nitrogen and oxygen atoms in total. The van der Waals surface area contributed by atoms with E-state index in [2.05, 4.69) is 4.36 Å². The summed E-state index contributed by atoms with van der Waals surface area (Å²) in [5, 5.41) is 5.93. The molecule has 176 valence electrons. The smallest absolute Gasteiger partial charge is 0.263 e. The fraction of sp³-hybridized carbons (Fsp3) is 0.458. The molecule has 2 rings (SSSR count). The summed E-state index contributed by atoms with van der Waals surface area (Å²) in [6.07, 6.45) is -2.74. The average Bonchev–Trinajstić information content (AvgIpc) is 2.66. The molecule has 1 unspecified atom stereocenters. The highest BCUT2D eigenvalue weighted by molar-refractivity contribution is 7.91. The van der Waals surface area contributed by atoms with Gasteiger partial charge in [0, 0.05) is 12.1 Å². The van der Waals surface area contributed by atoms with Crippen molar-refractivity contribution in [3.63, 3.8) is 0 Å². The predicted octanol–water partition coefficient (Wildman–Crippen LogP) is 5.40. The Kier molecular flexibility index (Phi) is 8.67. The number of amides is 1. The summed E-state index contributed by atoms with van der Waals surface area (Å²) in [5.74, 6) is -0.774. The minimum absolute atomic E-state index is 0.0639. The van der Waals surface area contributed by atoms with Gasteiger partial charge in [0.25, 0.3) is 12.3 Å². The summed E-state index contributed by atoms with van der Waals surface area (Å²) in [7, 11) is 0.465. The first kappa shape index (κ1) is 26.1. The van der Waals surface area contributed by atoms with Gasteiger partial charge in [0.1, 0.15) is 9.92 Å². The molecule has 1 atom stereocenters. The Hall–Kier alpha value is -2.16. The number of alkyl halides is 2. The van der Waals surface area contributed by atoms with Gasteiger partial charge < -0.3 is 4.90 Å². The maximum absolute atomic E-state index is 13.4. The van der Waals surface area contributed by atoms with Crippen LogP contribution < -0.4 is 5.14 Å². The maximum atomic E-state index is 13.4. The van der Waals surface area contributed by atoms with Crippen molar-refractivity contribution in [1.29, 1.82) is 0 Å². The summed E-state index contributed by atoms with van der Waals surface area (Å²) >= 11 is 0. The van der Waals surface area contributed by atoms with Crippen LogP contribution in [0.2, 0.25) is 0 Å². The molecule has 8 heteroatoms. The third kappa shape index (κ3) is 6.67. The zero-order valence-corrected chi connectivity index (χ0v) is 20.4. The molecule has 0 saturated carbocycles. The fourth-order valence-corrected chi connectivity index (χ4v) is 4.64. The van der Waals surface area contributed by atoms with Crippen molar-refractivity contribution >= 4 is 15.8 Å². The first-order valence-electron chi connectivity index (χ1n) is 10.6. The van der Waals surface area contributed by atoms with Crippen molar-refractivity contribution in [1.82, 2.24) is 4.90 Å². The van der Waals surface area contributed by atoms with Crippen LogP contribution in [0.15, 0.2) is 45.7 Å². The zero-order chi connectivity index (χ0) is 24.2. The fourth-order valence-electron chi connectivity index (χ4n) is 3.64. The van der Waals surface area contributed by atoms with Crippen molar-refractivity contribution in [2.75, 3.05) is 14.1 Å². The number of carbonyl (C=O) groups is 1. The molecular weight excluding hydrogens is 432 g/mol. The van der Waals surface area contributed by atoms with Crippen LogP contribution in [-0.2, 0) is 27.7 Å². The third-order valence-electron chi connectivity index (χ3n) is 5.16. The Morgan fingerprint density at radius 1 is 1.03 bits per heavy atom. The van der Waals surface area contributed by atoms with E-state index in [0.29, 0.717) is 23.2 Å². The van der Waals surface area contributed by atoms with Gasteiger partial charge in [-0.15, -0.1) is 4.36 Å². The van der Waals surface area contributed by atoms with Crippen LogP contribution in [0, 0.1) is 0 Å². The van der Waals surface area contributed by atoms with Gasteiger partial charge in [0.15, 0.2) is 0 Å². The Morgan fingerprint density at radius 2 is 1.53 bits per heavy atom. The van der Waals surface area contributed by atoms with Crippen molar-refractivity contribution in [3.05, 3.63) is 64.2 Å². The lowest BCUT2D eigenvalue weighted by atomic mass is 9.85. The highest BCUT2D eigenvalue weighted by atomic mass is 32.2. The number of rotatable bonds is 8. The minimum Gasteiger partial charge on any atom is -0.305 e. The Bertz CT molecular complexity index is 1040. The number of carbonyl (C=O) groups excluding carboxylic acids is 1. The van der Waals surface area contributed by atoms with Gasteiger partial charge in [-0.1, -0.05) is 39.8 Å². The quantitative estimate of drug-likeness (QED) is 0.567. The second kappa shape index (κ2) is 10.6. The van der Waals surface area contributed by atoms with E-state index in [4.69, 9.17) is 5.14 Å². The van der Waals surface area contributed by atoms with E-state index in [1.54, 1.807) is 24.3 Å². The predicted molar refractivity (Wildman–Crippen MR) is 125 cm³/mol. The minimum atomic E-state index is -3.42. The summed E-state index contributed by atoms with van der Waals surface area (Å²) in [5.41, 5.74) is 2.96. The summed E-state index contributed by atoms with van der Waals surface area (Å²) < 4.78 is 43.6. The molecule has 0 aliphatic heterocycles. The van der Waals surface area contributed by atoms with Crippen molar-refractivity contribution in [3.8, 4) is 0 Å². The normalized spacial score (nSPS) is 13.8. The van der Waals surface area contributed by atoms with Crippen LogP contribution in [-0.4, -0.2) is 29.1 Å².